The van der Waals surface area contributed by atoms with Gasteiger partial charge in [0.2, 0.25) is 0 Å². The van der Waals surface area contributed by atoms with Crippen LogP contribution < -0.4 is 76.8 Å². The Morgan fingerprint density at radius 3 is 1.33 bits per heavy atom. The molecule has 0 unspecified atom stereocenters. The first kappa shape index (κ1) is 15.8. The van der Waals surface area contributed by atoms with Gasteiger partial charge in [-0.15, -0.1) is 0 Å². The normalized spacial score (nSPS) is 6.00. The second-order valence-corrected chi connectivity index (χ2v) is 1.04. The first-order chi connectivity index (χ1) is 1.73. The van der Waals surface area contributed by atoms with E-state index in [-0.39, 0.29) is 68.4 Å². The Kier molecular flexibility index (Phi) is 27.5. The molecule has 3 nitrogen and oxygen atoms in total. The van der Waals surface area contributed by atoms with Gasteiger partial charge in [-0.25, -0.2) is 0 Å². The van der Waals surface area contributed by atoms with Crippen molar-refractivity contribution < 1.29 is 95.8 Å². The number of hydrogen-bond donors (Lipinski definition) is 1. The molecule has 6 heteroatoms. The Balaban J connectivity index is -0.0000000450. The summed E-state index contributed by atoms with van der Waals surface area (Å²) in [5.74, 6) is 0. The molecule has 0 aromatic carbocycles. The molecule has 0 saturated carbocycles. The van der Waals surface area contributed by atoms with Crippen molar-refractivity contribution in [3.63, 3.8) is 0 Å². The maximum absolute atomic E-state index is 8.63. The molecule has 34 valence electrons. The van der Waals surface area contributed by atoms with Crippen molar-refractivity contribution in [1.29, 1.82) is 0 Å². The molecule has 0 aliphatic heterocycles. The molecule has 0 aliphatic rings. The second-order valence-electron chi connectivity index (χ2n) is 0.201. The molecule has 0 aromatic rings. The van der Waals surface area contributed by atoms with Crippen molar-refractivity contribution >= 4 is 0 Å². The van der Waals surface area contributed by atoms with Gasteiger partial charge in [0.1, 0.15) is 0 Å². The largest absolute Gasteiger partial charge is 1.00 e. The Labute approximate surface area is 93.8 Å². The summed E-state index contributed by atoms with van der Waals surface area (Å²) in [5, 5.41) is 0. The fourth-order valence-corrected chi connectivity index (χ4v) is 0. The van der Waals surface area contributed by atoms with E-state index in [0.717, 1.165) is 0 Å². The van der Waals surface area contributed by atoms with Crippen LogP contribution in [0.5, 0.6) is 0 Å². The van der Waals surface area contributed by atoms with Crippen molar-refractivity contribution in [2.24, 2.45) is 0 Å². The zero-order valence-corrected chi connectivity index (χ0v) is 9.31. The Hall–Kier alpha value is 2.48. The summed E-state index contributed by atoms with van der Waals surface area (Å²) in [7, 11) is 0. The van der Waals surface area contributed by atoms with Crippen molar-refractivity contribution in [2.45, 2.75) is 0 Å². The van der Waals surface area contributed by atoms with Crippen molar-refractivity contribution in [3.05, 3.63) is 0 Å². The first-order valence-corrected chi connectivity index (χ1v) is 2.48. The molecule has 0 amide bonds. The molecule has 6 heavy (non-hydrogen) atoms. The zero-order chi connectivity index (χ0) is 3.58. The van der Waals surface area contributed by atoms with E-state index >= 15 is 0 Å². The first-order valence-electron chi connectivity index (χ1n) is 0.478. The molecule has 0 saturated heterocycles. The van der Waals surface area contributed by atoms with Crippen LogP contribution in [-0.4, -0.2) is 4.20 Å². The third-order valence-electron chi connectivity index (χ3n) is 0. The molecule has 0 bridgehead atoms. The van der Waals surface area contributed by atoms with Gasteiger partial charge in [-0.2, -0.15) is 0 Å². The van der Waals surface area contributed by atoms with E-state index < -0.39 is 14.8 Å². The molecule has 0 spiro atoms. The summed E-state index contributed by atoms with van der Waals surface area (Å²) in [5.41, 5.74) is 0. The number of hydrogen-bond acceptors (Lipinski definition) is 3. The summed E-state index contributed by atoms with van der Waals surface area (Å²) < 4.78 is 24.3. The van der Waals surface area contributed by atoms with Gasteiger partial charge in [0.15, 0.2) is 0 Å². The van der Waals surface area contributed by atoms with Crippen LogP contribution in [0.1, 0.15) is 0 Å². The minimum Gasteiger partial charge on any atom is -1.00 e. The maximum Gasteiger partial charge on any atom is 1.00 e. The van der Waals surface area contributed by atoms with E-state index in [1.807, 2.05) is 0 Å². The molecule has 0 atom stereocenters. The van der Waals surface area contributed by atoms with Gasteiger partial charge in [-0.3, -0.25) is 0 Å². The van der Waals surface area contributed by atoms with Crippen LogP contribution >= 0.6 is 0 Å². The van der Waals surface area contributed by atoms with Crippen molar-refractivity contribution in [1.82, 2.24) is 0 Å². The van der Waals surface area contributed by atoms with Crippen LogP contribution in [-0.2, 0) is 0 Å². The predicted molar refractivity (Wildman–Crippen MR) is 2.22 cm³/mol. The topological polar surface area (TPSA) is 66.3 Å². The van der Waals surface area contributed by atoms with Crippen molar-refractivity contribution in [3.8, 4) is 0 Å². The van der Waals surface area contributed by atoms with Gasteiger partial charge in [-0.1, -0.05) is 0 Å². The summed E-state index contributed by atoms with van der Waals surface area (Å²) >= 11 is -3.40. The number of halogens is 2. The van der Waals surface area contributed by atoms with Crippen LogP contribution in [0, 0.1) is 14.8 Å². The Morgan fingerprint density at radius 1 is 1.33 bits per heavy atom. The minimum absolute atomic E-state index is 0. The van der Waals surface area contributed by atoms with Gasteiger partial charge in [0.05, 0.1) is 0 Å². The van der Waals surface area contributed by atoms with E-state index in [0.29, 0.717) is 0 Å². The Bertz CT molecular complexity index is 13.5. The SMILES string of the molecule is [Br-].[K+].[O-][Br+2]([O-])O. The molecule has 0 heterocycles. The third-order valence-corrected chi connectivity index (χ3v) is 0. The average molecular weight is 248 g/mol. The van der Waals surface area contributed by atoms with Crippen molar-refractivity contribution in [2.75, 3.05) is 0 Å². The molecule has 1 N–H and O–H groups in total. The standard InChI is InChI=1S/BrHO3.BrH.K/c2-1(3)4;;/h2H;1H;/q;;+1/p-1. The van der Waals surface area contributed by atoms with Crippen LogP contribution in [0.25, 0.3) is 0 Å². The van der Waals surface area contributed by atoms with Crippen LogP contribution in [0.15, 0.2) is 0 Å². The Morgan fingerprint density at radius 2 is 1.33 bits per heavy atom. The summed E-state index contributed by atoms with van der Waals surface area (Å²) in [6.45, 7) is 0. The summed E-state index contributed by atoms with van der Waals surface area (Å²) in [4.78, 5) is 0. The number of rotatable bonds is 0. The second kappa shape index (κ2) is 10.5. The van der Waals surface area contributed by atoms with Gasteiger partial charge in [0.25, 0.3) is 0 Å². The molecule has 0 fully saturated rings. The molecular weight excluding hydrogens is 247 g/mol. The fraction of sp³-hybridized carbons (Fsp3) is 0. The maximum atomic E-state index is 8.63. The quantitative estimate of drug-likeness (QED) is 0.433. The smallest absolute Gasteiger partial charge is 1.00 e. The van der Waals surface area contributed by atoms with E-state index in [4.69, 9.17) is 12.6 Å². The molecule has 0 rings (SSSR count). The molecule has 0 aromatic heterocycles. The van der Waals surface area contributed by atoms with Gasteiger partial charge >= 0.3 is 66.2 Å². The van der Waals surface area contributed by atoms with E-state index in [1.165, 1.54) is 0 Å². The van der Waals surface area contributed by atoms with Gasteiger partial charge in [-0.05, 0) is 4.20 Å². The van der Waals surface area contributed by atoms with Gasteiger partial charge in [0, 0.05) is 0 Å². The third kappa shape index (κ3) is 31.7. The van der Waals surface area contributed by atoms with Crippen LogP contribution in [0.2, 0.25) is 0 Å². The van der Waals surface area contributed by atoms with E-state index in [1.54, 1.807) is 0 Å². The minimum atomic E-state index is -3.40. The van der Waals surface area contributed by atoms with E-state index in [2.05, 4.69) is 0 Å². The summed E-state index contributed by atoms with van der Waals surface area (Å²) in [6.07, 6.45) is 0. The molecule has 0 aliphatic carbocycles. The molecule has 0 radical (unpaired) electrons. The van der Waals surface area contributed by atoms with Crippen LogP contribution in [0.4, 0.5) is 0 Å². The average Bonchev–Trinajstić information content (AvgIpc) is 0.811. The van der Waals surface area contributed by atoms with E-state index in [9.17, 15) is 0 Å². The molecular formula is HBr2KO3. The summed E-state index contributed by atoms with van der Waals surface area (Å²) in [6, 6.07) is 0. The van der Waals surface area contributed by atoms with Crippen LogP contribution in [0.3, 0.4) is 0 Å². The zero-order valence-electron chi connectivity index (χ0n) is 3.02. The monoisotopic (exact) mass is 246 g/mol. The predicted octanol–water partition coefficient (Wildman–Crippen LogP) is -8.93. The van der Waals surface area contributed by atoms with Gasteiger partial charge < -0.3 is 25.4 Å². The fourth-order valence-electron chi connectivity index (χ4n) is 0.